The molecule has 3 aromatic rings. The quantitative estimate of drug-likeness (QED) is 0.111. The van der Waals surface area contributed by atoms with Crippen LogP contribution in [0, 0.1) is 10.1 Å². The molecule has 0 spiro atoms. The molecule has 0 saturated carbocycles. The Morgan fingerprint density at radius 2 is 1.64 bits per heavy atom. The van der Waals surface area contributed by atoms with E-state index in [-0.39, 0.29) is 17.9 Å². The fourth-order valence-corrected chi connectivity index (χ4v) is 3.27. The third kappa shape index (κ3) is 6.87. The number of carbonyl (C=O) groups is 2. The second-order valence-corrected chi connectivity index (χ2v) is 7.34. The number of hydrogen-bond acceptors (Lipinski definition) is 6. The monoisotopic (exact) mass is 444 g/mol. The minimum Gasteiger partial charge on any atom is -0.460 e. The number of ketones is 1. The Balaban J connectivity index is 1.70. The molecule has 3 aromatic carbocycles. The molecule has 0 bridgehead atoms. The summed E-state index contributed by atoms with van der Waals surface area (Å²) in [4.78, 5) is 37.2. The molecule has 0 aliphatic carbocycles. The second kappa shape index (κ2) is 11.4. The summed E-state index contributed by atoms with van der Waals surface area (Å²) < 4.78 is 5.40. The fourth-order valence-electron chi connectivity index (χ4n) is 3.27. The lowest BCUT2D eigenvalue weighted by Gasteiger charge is -2.25. The van der Waals surface area contributed by atoms with E-state index in [0.717, 1.165) is 11.3 Å². The summed E-state index contributed by atoms with van der Waals surface area (Å²) in [5.41, 5.74) is 2.18. The van der Waals surface area contributed by atoms with Gasteiger partial charge in [0.25, 0.3) is 5.69 Å². The summed E-state index contributed by atoms with van der Waals surface area (Å²) in [6.45, 7) is 2.38. The first-order valence-corrected chi connectivity index (χ1v) is 10.4. The maximum Gasteiger partial charge on any atom is 0.341 e. The largest absolute Gasteiger partial charge is 0.460 e. The van der Waals surface area contributed by atoms with Crippen LogP contribution in [0.2, 0.25) is 0 Å². The number of Topliss-reactive ketones (excluding diaryl/α,β-unsaturated/α-hetero) is 1. The highest BCUT2D eigenvalue weighted by atomic mass is 16.6. The van der Waals surface area contributed by atoms with Crippen molar-refractivity contribution in [3.8, 4) is 0 Å². The third-order valence-electron chi connectivity index (χ3n) is 4.92. The van der Waals surface area contributed by atoms with Gasteiger partial charge in [-0.3, -0.25) is 14.9 Å². The predicted molar refractivity (Wildman–Crippen MR) is 127 cm³/mol. The van der Waals surface area contributed by atoms with Crippen LogP contribution in [0.3, 0.4) is 0 Å². The highest BCUT2D eigenvalue weighted by Crippen LogP contribution is 2.18. The molecular formula is C26H24N2O5. The smallest absolute Gasteiger partial charge is 0.341 e. The van der Waals surface area contributed by atoms with Crippen molar-refractivity contribution in [2.75, 3.05) is 18.1 Å². The van der Waals surface area contributed by atoms with Gasteiger partial charge in [0.05, 0.1) is 11.5 Å². The SMILES string of the molecule is CC(=O)/C(=C\c1cccc([N+](=O)[O-])c1)C(=O)OCCN(Cc1ccccc1)c1ccccc1. The molecule has 7 nitrogen and oxygen atoms in total. The molecule has 0 radical (unpaired) electrons. The van der Waals surface area contributed by atoms with Crippen LogP contribution in [0.4, 0.5) is 11.4 Å². The van der Waals surface area contributed by atoms with Crippen molar-refractivity contribution in [3.05, 3.63) is 112 Å². The van der Waals surface area contributed by atoms with E-state index >= 15 is 0 Å². The standard InChI is InChI=1S/C26H24N2O5/c1-20(29)25(18-22-11-8-14-24(17-22)28(31)32)26(30)33-16-15-27(23-12-6-3-7-13-23)19-21-9-4-2-5-10-21/h2-14,17-18H,15-16,19H2,1H3/b25-18+. The number of non-ortho nitro benzene ring substituents is 1. The second-order valence-electron chi connectivity index (χ2n) is 7.34. The van der Waals surface area contributed by atoms with Crippen LogP contribution in [0.15, 0.2) is 90.5 Å². The summed E-state index contributed by atoms with van der Waals surface area (Å²) >= 11 is 0. The van der Waals surface area contributed by atoms with Gasteiger partial charge in [0, 0.05) is 24.4 Å². The minimum atomic E-state index is -0.762. The number of nitrogens with zero attached hydrogens (tertiary/aromatic N) is 2. The zero-order chi connectivity index (χ0) is 23.6. The van der Waals surface area contributed by atoms with Crippen molar-refractivity contribution in [3.63, 3.8) is 0 Å². The fraction of sp³-hybridized carbons (Fsp3) is 0.154. The van der Waals surface area contributed by atoms with Gasteiger partial charge in [-0.05, 0) is 36.3 Å². The van der Waals surface area contributed by atoms with Crippen LogP contribution in [0.5, 0.6) is 0 Å². The molecule has 0 saturated heterocycles. The topological polar surface area (TPSA) is 89.8 Å². The van der Waals surface area contributed by atoms with E-state index in [1.54, 1.807) is 6.07 Å². The Labute approximate surface area is 192 Å². The van der Waals surface area contributed by atoms with Crippen molar-refractivity contribution >= 4 is 29.2 Å². The van der Waals surface area contributed by atoms with Gasteiger partial charge >= 0.3 is 5.97 Å². The molecule has 0 unspecified atom stereocenters. The Morgan fingerprint density at radius 1 is 0.970 bits per heavy atom. The number of benzene rings is 3. The van der Waals surface area contributed by atoms with Gasteiger partial charge in [0.1, 0.15) is 12.2 Å². The minimum absolute atomic E-state index is 0.0696. The van der Waals surface area contributed by atoms with Gasteiger partial charge in [0.15, 0.2) is 5.78 Å². The van der Waals surface area contributed by atoms with E-state index in [1.807, 2.05) is 60.7 Å². The molecule has 0 aromatic heterocycles. The maximum atomic E-state index is 12.6. The van der Waals surface area contributed by atoms with E-state index in [0.29, 0.717) is 18.7 Å². The van der Waals surface area contributed by atoms with Gasteiger partial charge in [-0.15, -0.1) is 0 Å². The average molecular weight is 444 g/mol. The highest BCUT2D eigenvalue weighted by Gasteiger charge is 2.18. The highest BCUT2D eigenvalue weighted by molar-refractivity contribution is 6.19. The zero-order valence-corrected chi connectivity index (χ0v) is 18.2. The number of esters is 1. The van der Waals surface area contributed by atoms with Crippen LogP contribution in [-0.4, -0.2) is 29.8 Å². The number of anilines is 1. The molecule has 0 atom stereocenters. The van der Waals surface area contributed by atoms with Crippen LogP contribution >= 0.6 is 0 Å². The Bertz CT molecular complexity index is 1140. The Morgan fingerprint density at radius 3 is 2.27 bits per heavy atom. The number of nitro groups is 1. The maximum absolute atomic E-state index is 12.6. The molecular weight excluding hydrogens is 420 g/mol. The molecule has 0 aliphatic rings. The van der Waals surface area contributed by atoms with E-state index in [4.69, 9.17) is 4.74 Å². The molecule has 0 amide bonds. The number of hydrogen-bond donors (Lipinski definition) is 0. The van der Waals surface area contributed by atoms with Gasteiger partial charge in [-0.25, -0.2) is 4.79 Å². The van der Waals surface area contributed by atoms with Crippen LogP contribution in [0.1, 0.15) is 18.1 Å². The zero-order valence-electron chi connectivity index (χ0n) is 18.2. The molecule has 168 valence electrons. The third-order valence-corrected chi connectivity index (χ3v) is 4.92. The van der Waals surface area contributed by atoms with Crippen molar-refractivity contribution in [2.24, 2.45) is 0 Å². The lowest BCUT2D eigenvalue weighted by atomic mass is 10.1. The molecule has 3 rings (SSSR count). The summed E-state index contributed by atoms with van der Waals surface area (Å²) in [7, 11) is 0. The molecule has 0 aliphatic heterocycles. The van der Waals surface area contributed by atoms with E-state index < -0.39 is 16.7 Å². The van der Waals surface area contributed by atoms with E-state index in [1.165, 1.54) is 31.2 Å². The molecule has 0 N–H and O–H groups in total. The van der Waals surface area contributed by atoms with Crippen molar-refractivity contribution in [1.29, 1.82) is 0 Å². The van der Waals surface area contributed by atoms with Crippen LogP contribution in [0.25, 0.3) is 6.08 Å². The van der Waals surface area contributed by atoms with E-state index in [9.17, 15) is 19.7 Å². The number of para-hydroxylation sites is 1. The van der Waals surface area contributed by atoms with Crippen LogP contribution < -0.4 is 4.90 Å². The lowest BCUT2D eigenvalue weighted by molar-refractivity contribution is -0.384. The number of carbonyl (C=O) groups excluding carboxylic acids is 2. The Hall–Kier alpha value is -4.26. The van der Waals surface area contributed by atoms with Gasteiger partial charge in [-0.1, -0.05) is 60.7 Å². The first kappa shape index (κ1) is 23.4. The lowest BCUT2D eigenvalue weighted by Crippen LogP contribution is -2.28. The molecule has 33 heavy (non-hydrogen) atoms. The first-order chi connectivity index (χ1) is 15.9. The van der Waals surface area contributed by atoms with E-state index in [2.05, 4.69) is 4.90 Å². The molecule has 0 fully saturated rings. The number of nitro benzene ring substituents is 1. The predicted octanol–water partition coefficient (Wildman–Crippen LogP) is 4.82. The van der Waals surface area contributed by atoms with Gasteiger partial charge in [-0.2, -0.15) is 0 Å². The summed E-state index contributed by atoms with van der Waals surface area (Å²) in [5, 5.41) is 11.0. The normalized spacial score (nSPS) is 11.0. The van der Waals surface area contributed by atoms with Crippen molar-refractivity contribution in [2.45, 2.75) is 13.5 Å². The number of rotatable bonds is 10. The molecule has 0 heterocycles. The van der Waals surface area contributed by atoms with Crippen molar-refractivity contribution in [1.82, 2.24) is 0 Å². The van der Waals surface area contributed by atoms with Gasteiger partial charge in [0.2, 0.25) is 0 Å². The summed E-state index contributed by atoms with van der Waals surface area (Å²) in [6, 6.07) is 25.4. The van der Waals surface area contributed by atoms with Gasteiger partial charge < -0.3 is 9.64 Å². The summed E-state index contributed by atoms with van der Waals surface area (Å²) in [6.07, 6.45) is 1.32. The summed E-state index contributed by atoms with van der Waals surface area (Å²) in [5.74, 6) is -1.24. The average Bonchev–Trinajstić information content (AvgIpc) is 2.83. The number of ether oxygens (including phenoxy) is 1. The van der Waals surface area contributed by atoms with Crippen LogP contribution in [-0.2, 0) is 20.9 Å². The molecule has 7 heteroatoms. The van der Waals surface area contributed by atoms with Crippen molar-refractivity contribution < 1.29 is 19.2 Å². The first-order valence-electron chi connectivity index (χ1n) is 10.4. The Kier molecular flexibility index (Phi) is 8.07.